The molecule has 0 atom stereocenters. The van der Waals surface area contributed by atoms with Crippen LogP contribution in [0, 0.1) is 30.6 Å². The molecular weight excluding hydrogens is 368 g/mol. The van der Waals surface area contributed by atoms with Gasteiger partial charge in [-0.15, -0.1) is 0 Å². The lowest BCUT2D eigenvalue weighted by Crippen LogP contribution is -2.38. The minimum Gasteiger partial charge on any atom is -0.508 e. The van der Waals surface area contributed by atoms with E-state index in [0.29, 0.717) is 28.2 Å². The molecule has 0 spiro atoms. The lowest BCUT2D eigenvalue weighted by atomic mass is 9.57. The summed E-state index contributed by atoms with van der Waals surface area (Å²) in [6, 6.07) is 12.2. The van der Waals surface area contributed by atoms with Crippen LogP contribution in [0.3, 0.4) is 0 Å². The van der Waals surface area contributed by atoms with Crippen molar-refractivity contribution in [2.75, 3.05) is 0 Å². The number of phenolic OH excluding ortho intramolecular Hbond substituents is 2. The Balaban J connectivity index is 1.99. The van der Waals surface area contributed by atoms with Gasteiger partial charge in [-0.25, -0.2) is 0 Å². The van der Waals surface area contributed by atoms with Gasteiger partial charge in [-0.1, -0.05) is 58.9 Å². The number of rotatable bonds is 4. The molecule has 2 aromatic carbocycles. The van der Waals surface area contributed by atoms with Crippen molar-refractivity contribution in [3.8, 4) is 11.5 Å². The molecule has 0 aliphatic heterocycles. The van der Waals surface area contributed by atoms with E-state index in [4.69, 9.17) is 0 Å². The Hall–Kier alpha value is -1.96. The maximum atomic E-state index is 10.1. The second-order valence-corrected chi connectivity index (χ2v) is 11.6. The summed E-state index contributed by atoms with van der Waals surface area (Å²) in [5.74, 6) is 1.42. The minimum atomic E-state index is -0.0643. The maximum Gasteiger partial charge on any atom is 0.118 e. The molecule has 0 saturated heterocycles. The molecule has 2 aromatic rings. The van der Waals surface area contributed by atoms with Crippen LogP contribution in [0.25, 0.3) is 0 Å². The normalized spacial score (nSPS) is 17.8. The van der Waals surface area contributed by atoms with E-state index in [1.807, 2.05) is 26.0 Å². The first-order valence-electron chi connectivity index (χ1n) is 11.4. The van der Waals surface area contributed by atoms with Gasteiger partial charge in [0.25, 0.3) is 0 Å². The number of aromatic hydroxyl groups is 2. The number of hydrogen-bond donors (Lipinski definition) is 2. The van der Waals surface area contributed by atoms with Crippen molar-refractivity contribution in [3.05, 3.63) is 58.7 Å². The predicted molar refractivity (Wildman–Crippen MR) is 126 cm³/mol. The van der Waals surface area contributed by atoms with Gasteiger partial charge in [-0.05, 0) is 97.1 Å². The molecule has 2 nitrogen and oxygen atoms in total. The first kappa shape index (κ1) is 22.7. The van der Waals surface area contributed by atoms with E-state index < -0.39 is 0 Å². The van der Waals surface area contributed by atoms with Gasteiger partial charge in [-0.2, -0.15) is 0 Å². The SMILES string of the molecule is Cc1cc(C2(c3ccc(O)c(C)c3)CCC(C(C)(C)CC(C)(C)C)CC2)ccc1O. The van der Waals surface area contributed by atoms with Crippen molar-refractivity contribution in [3.63, 3.8) is 0 Å². The van der Waals surface area contributed by atoms with Gasteiger partial charge in [-0.3, -0.25) is 0 Å². The molecule has 30 heavy (non-hydrogen) atoms. The molecule has 1 fully saturated rings. The second-order valence-electron chi connectivity index (χ2n) is 11.6. The van der Waals surface area contributed by atoms with E-state index in [2.05, 4.69) is 58.9 Å². The van der Waals surface area contributed by atoms with Crippen molar-refractivity contribution in [1.82, 2.24) is 0 Å². The Bertz CT molecular complexity index is 840. The van der Waals surface area contributed by atoms with E-state index in [-0.39, 0.29) is 5.41 Å². The maximum absolute atomic E-state index is 10.1. The third kappa shape index (κ3) is 4.53. The zero-order valence-corrected chi connectivity index (χ0v) is 20.0. The number of phenols is 2. The Morgan fingerprint density at radius 1 is 0.800 bits per heavy atom. The molecule has 2 heteroatoms. The highest BCUT2D eigenvalue weighted by Crippen LogP contribution is 2.53. The average Bonchev–Trinajstić information content (AvgIpc) is 2.64. The second kappa shape index (κ2) is 7.94. The largest absolute Gasteiger partial charge is 0.508 e. The van der Waals surface area contributed by atoms with E-state index in [1.165, 1.54) is 30.4 Å². The molecule has 0 heterocycles. The summed E-state index contributed by atoms with van der Waals surface area (Å²) in [5, 5.41) is 20.2. The zero-order valence-electron chi connectivity index (χ0n) is 20.0. The quantitative estimate of drug-likeness (QED) is 0.545. The lowest BCUT2D eigenvalue weighted by Gasteiger charge is -2.47. The van der Waals surface area contributed by atoms with Crippen LogP contribution in [0.5, 0.6) is 11.5 Å². The van der Waals surface area contributed by atoms with Gasteiger partial charge < -0.3 is 10.2 Å². The number of hydrogen-bond acceptors (Lipinski definition) is 2. The van der Waals surface area contributed by atoms with Crippen molar-refractivity contribution in [1.29, 1.82) is 0 Å². The summed E-state index contributed by atoms with van der Waals surface area (Å²) in [5.41, 5.74) is 5.02. The smallest absolute Gasteiger partial charge is 0.118 e. The summed E-state index contributed by atoms with van der Waals surface area (Å²) in [4.78, 5) is 0. The van der Waals surface area contributed by atoms with Crippen LogP contribution in [0.15, 0.2) is 36.4 Å². The molecular formula is C28H40O2. The zero-order chi connectivity index (χ0) is 22.3. The van der Waals surface area contributed by atoms with Crippen molar-refractivity contribution in [2.24, 2.45) is 16.7 Å². The molecule has 0 amide bonds. The van der Waals surface area contributed by atoms with Crippen LogP contribution >= 0.6 is 0 Å². The summed E-state index contributed by atoms with van der Waals surface area (Å²) < 4.78 is 0. The van der Waals surface area contributed by atoms with Gasteiger partial charge in [0.05, 0.1) is 0 Å². The summed E-state index contributed by atoms with van der Waals surface area (Å²) in [6.07, 6.45) is 5.82. The van der Waals surface area contributed by atoms with Gasteiger partial charge in [0.1, 0.15) is 11.5 Å². The van der Waals surface area contributed by atoms with Crippen LogP contribution in [-0.4, -0.2) is 10.2 Å². The van der Waals surface area contributed by atoms with Crippen molar-refractivity contribution >= 4 is 0 Å². The third-order valence-corrected chi connectivity index (χ3v) is 7.43. The van der Waals surface area contributed by atoms with E-state index in [9.17, 15) is 10.2 Å². The summed E-state index contributed by atoms with van der Waals surface area (Å²) in [6.45, 7) is 15.9. The van der Waals surface area contributed by atoms with Crippen LogP contribution < -0.4 is 0 Å². The predicted octanol–water partition coefficient (Wildman–Crippen LogP) is 7.65. The molecule has 0 unspecified atom stereocenters. The Morgan fingerprint density at radius 3 is 1.60 bits per heavy atom. The molecule has 1 saturated carbocycles. The Morgan fingerprint density at radius 2 is 1.23 bits per heavy atom. The van der Waals surface area contributed by atoms with Gasteiger partial charge in [0.15, 0.2) is 0 Å². The molecule has 3 rings (SSSR count). The molecule has 164 valence electrons. The topological polar surface area (TPSA) is 40.5 Å². The average molecular weight is 409 g/mol. The fourth-order valence-corrected chi connectivity index (χ4v) is 6.05. The Kier molecular flexibility index (Phi) is 6.02. The number of benzene rings is 2. The first-order chi connectivity index (χ1) is 13.8. The van der Waals surface area contributed by atoms with Crippen molar-refractivity contribution < 1.29 is 10.2 Å². The van der Waals surface area contributed by atoms with Crippen LogP contribution in [-0.2, 0) is 5.41 Å². The summed E-state index contributed by atoms with van der Waals surface area (Å²) in [7, 11) is 0. The molecule has 2 N–H and O–H groups in total. The van der Waals surface area contributed by atoms with Crippen molar-refractivity contribution in [2.45, 2.75) is 86.0 Å². The molecule has 1 aliphatic carbocycles. The summed E-state index contributed by atoms with van der Waals surface area (Å²) >= 11 is 0. The first-order valence-corrected chi connectivity index (χ1v) is 11.4. The molecule has 0 radical (unpaired) electrons. The standard InChI is InChI=1S/C28H40O2/c1-19-16-22(8-10-24(19)29)28(23-9-11-25(30)20(2)17-23)14-12-21(13-15-28)27(6,7)18-26(3,4)5/h8-11,16-17,21,29-30H,12-15,18H2,1-7H3. The fourth-order valence-electron chi connectivity index (χ4n) is 6.05. The lowest BCUT2D eigenvalue weighted by molar-refractivity contribution is 0.0833. The van der Waals surface area contributed by atoms with Crippen LogP contribution in [0.1, 0.15) is 89.0 Å². The van der Waals surface area contributed by atoms with E-state index >= 15 is 0 Å². The van der Waals surface area contributed by atoms with Gasteiger partial charge in [0.2, 0.25) is 0 Å². The molecule has 0 bridgehead atoms. The van der Waals surface area contributed by atoms with Crippen LogP contribution in [0.4, 0.5) is 0 Å². The van der Waals surface area contributed by atoms with E-state index in [1.54, 1.807) is 0 Å². The minimum absolute atomic E-state index is 0.0643. The highest BCUT2D eigenvalue weighted by atomic mass is 16.3. The number of aryl methyl sites for hydroxylation is 2. The molecule has 0 aromatic heterocycles. The third-order valence-electron chi connectivity index (χ3n) is 7.43. The van der Waals surface area contributed by atoms with Crippen LogP contribution in [0.2, 0.25) is 0 Å². The van der Waals surface area contributed by atoms with Gasteiger partial charge >= 0.3 is 0 Å². The molecule has 1 aliphatic rings. The Labute approximate surface area is 183 Å². The highest BCUT2D eigenvalue weighted by molar-refractivity contribution is 5.48. The van der Waals surface area contributed by atoms with E-state index in [0.717, 1.165) is 24.0 Å². The monoisotopic (exact) mass is 408 g/mol. The fraction of sp³-hybridized carbons (Fsp3) is 0.571. The van der Waals surface area contributed by atoms with Gasteiger partial charge in [0, 0.05) is 5.41 Å². The highest BCUT2D eigenvalue weighted by Gasteiger charge is 2.43.